The van der Waals surface area contributed by atoms with Crippen molar-refractivity contribution in [2.75, 3.05) is 0 Å². The highest BCUT2D eigenvalue weighted by atomic mass is 35.5. The smallest absolute Gasteiger partial charge is 0.270 e. The molecular weight excluding hydrogens is 260 g/mol. The first-order chi connectivity index (χ1) is 9.20. The molecule has 98 valence electrons. The molecule has 1 aromatic heterocycles. The summed E-state index contributed by atoms with van der Waals surface area (Å²) in [5.41, 5.74) is 1.42. The van der Waals surface area contributed by atoms with Crippen molar-refractivity contribution in [1.82, 2.24) is 10.3 Å². The highest BCUT2D eigenvalue weighted by Crippen LogP contribution is 2.16. The third-order valence-electron chi connectivity index (χ3n) is 2.86. The summed E-state index contributed by atoms with van der Waals surface area (Å²) >= 11 is 5.79. The minimum atomic E-state index is -0.210. The Kier molecular flexibility index (Phi) is 4.53. The second-order valence-corrected chi connectivity index (χ2v) is 4.58. The average molecular weight is 275 g/mol. The summed E-state index contributed by atoms with van der Waals surface area (Å²) in [6.07, 6.45) is 0.816. The zero-order chi connectivity index (χ0) is 13.7. The maximum Gasteiger partial charge on any atom is 0.270 e. The number of pyridine rings is 1. The normalized spacial score (nSPS) is 11.9. The van der Waals surface area contributed by atoms with Gasteiger partial charge in [-0.25, -0.2) is 4.98 Å². The molecular formula is C15H15ClN2O. The number of hydrogen-bond acceptors (Lipinski definition) is 2. The summed E-state index contributed by atoms with van der Waals surface area (Å²) in [5, 5.41) is 3.29. The Bertz CT molecular complexity index is 557. The lowest BCUT2D eigenvalue weighted by Crippen LogP contribution is -2.28. The van der Waals surface area contributed by atoms with E-state index in [1.54, 1.807) is 18.2 Å². The molecule has 19 heavy (non-hydrogen) atoms. The number of rotatable bonds is 4. The lowest BCUT2D eigenvalue weighted by atomic mass is 10.0. The molecule has 4 heteroatoms. The van der Waals surface area contributed by atoms with Crippen LogP contribution in [0.1, 0.15) is 35.4 Å². The Morgan fingerprint density at radius 1 is 1.21 bits per heavy atom. The summed E-state index contributed by atoms with van der Waals surface area (Å²) < 4.78 is 0. The van der Waals surface area contributed by atoms with Crippen LogP contribution in [0.25, 0.3) is 0 Å². The Labute approximate surface area is 117 Å². The summed E-state index contributed by atoms with van der Waals surface area (Å²) in [7, 11) is 0. The van der Waals surface area contributed by atoms with E-state index in [1.165, 1.54) is 0 Å². The number of carbonyl (C=O) groups is 1. The molecule has 1 unspecified atom stereocenters. The van der Waals surface area contributed by atoms with Crippen LogP contribution in [0.5, 0.6) is 0 Å². The second-order valence-electron chi connectivity index (χ2n) is 4.19. The Balaban J connectivity index is 2.13. The molecule has 3 nitrogen and oxygen atoms in total. The van der Waals surface area contributed by atoms with Crippen molar-refractivity contribution >= 4 is 17.5 Å². The molecule has 2 rings (SSSR count). The largest absolute Gasteiger partial charge is 0.344 e. The number of hydrogen-bond donors (Lipinski definition) is 1. The molecule has 1 N–H and O–H groups in total. The summed E-state index contributed by atoms with van der Waals surface area (Å²) in [5.74, 6) is -0.210. The Morgan fingerprint density at radius 2 is 1.95 bits per heavy atom. The van der Waals surface area contributed by atoms with Gasteiger partial charge in [-0.1, -0.05) is 54.9 Å². The van der Waals surface area contributed by atoms with Gasteiger partial charge in [-0.3, -0.25) is 4.79 Å². The molecule has 1 atom stereocenters. The topological polar surface area (TPSA) is 42.0 Å². The van der Waals surface area contributed by atoms with E-state index >= 15 is 0 Å². The van der Waals surface area contributed by atoms with Crippen LogP contribution in [0.3, 0.4) is 0 Å². The Morgan fingerprint density at radius 3 is 2.58 bits per heavy atom. The van der Waals surface area contributed by atoms with E-state index < -0.39 is 0 Å². The van der Waals surface area contributed by atoms with Crippen LogP contribution in [-0.2, 0) is 0 Å². The number of aromatic nitrogens is 1. The number of nitrogens with zero attached hydrogens (tertiary/aromatic N) is 1. The fourth-order valence-electron chi connectivity index (χ4n) is 1.87. The summed E-state index contributed by atoms with van der Waals surface area (Å²) in [6, 6.07) is 14.9. The predicted molar refractivity (Wildman–Crippen MR) is 76.2 cm³/mol. The minimum absolute atomic E-state index is 0.0190. The van der Waals surface area contributed by atoms with Gasteiger partial charge in [-0.15, -0.1) is 0 Å². The predicted octanol–water partition coefficient (Wildman–Crippen LogP) is 3.62. The fourth-order valence-corrected chi connectivity index (χ4v) is 2.04. The third-order valence-corrected chi connectivity index (χ3v) is 3.07. The van der Waals surface area contributed by atoms with Crippen LogP contribution >= 0.6 is 11.6 Å². The summed E-state index contributed by atoms with van der Waals surface area (Å²) in [4.78, 5) is 16.1. The number of nitrogens with one attached hydrogen (secondary N) is 1. The van der Waals surface area contributed by atoms with E-state index in [2.05, 4.69) is 10.3 Å². The monoisotopic (exact) mass is 274 g/mol. The lowest BCUT2D eigenvalue weighted by molar-refractivity contribution is 0.0930. The molecule has 0 aliphatic rings. The van der Waals surface area contributed by atoms with E-state index in [9.17, 15) is 4.79 Å². The molecule has 0 bridgehead atoms. The number of carbonyl (C=O) groups excluding carboxylic acids is 1. The van der Waals surface area contributed by atoms with E-state index in [0.29, 0.717) is 10.8 Å². The first kappa shape index (κ1) is 13.6. The number of benzene rings is 1. The molecule has 2 aromatic rings. The summed E-state index contributed by atoms with van der Waals surface area (Å²) in [6.45, 7) is 2.03. The molecule has 0 spiro atoms. The molecule has 0 aliphatic heterocycles. The number of halogens is 1. The highest BCUT2D eigenvalue weighted by Gasteiger charge is 2.14. The van der Waals surface area contributed by atoms with Crippen molar-refractivity contribution in [3.05, 3.63) is 64.9 Å². The molecule has 1 heterocycles. The maximum atomic E-state index is 12.1. The van der Waals surface area contributed by atoms with Crippen LogP contribution < -0.4 is 5.32 Å². The number of amides is 1. The fraction of sp³-hybridized carbons (Fsp3) is 0.200. The van der Waals surface area contributed by atoms with Crippen molar-refractivity contribution in [3.8, 4) is 0 Å². The lowest BCUT2D eigenvalue weighted by Gasteiger charge is -2.17. The first-order valence-corrected chi connectivity index (χ1v) is 6.57. The van der Waals surface area contributed by atoms with E-state index in [0.717, 1.165) is 12.0 Å². The zero-order valence-electron chi connectivity index (χ0n) is 10.6. The third kappa shape index (κ3) is 3.55. The standard InChI is InChI=1S/C15H15ClN2O/c1-2-12(11-7-4-3-5-8-11)18-15(19)13-9-6-10-14(16)17-13/h3-10,12H,2H2,1H3,(H,18,19). The van der Waals surface area contributed by atoms with Crippen LogP contribution in [0, 0.1) is 0 Å². The van der Waals surface area contributed by atoms with Crippen molar-refractivity contribution < 1.29 is 4.79 Å². The van der Waals surface area contributed by atoms with Gasteiger partial charge in [0.25, 0.3) is 5.91 Å². The van der Waals surface area contributed by atoms with Gasteiger partial charge in [0, 0.05) is 0 Å². The maximum absolute atomic E-state index is 12.1. The molecule has 0 fully saturated rings. The van der Waals surface area contributed by atoms with Crippen molar-refractivity contribution in [2.45, 2.75) is 19.4 Å². The van der Waals surface area contributed by atoms with Crippen molar-refractivity contribution in [2.24, 2.45) is 0 Å². The van der Waals surface area contributed by atoms with Gasteiger partial charge in [0.05, 0.1) is 6.04 Å². The molecule has 1 aromatic carbocycles. The van der Waals surface area contributed by atoms with Crippen LogP contribution in [0.4, 0.5) is 0 Å². The van der Waals surface area contributed by atoms with E-state index in [-0.39, 0.29) is 11.9 Å². The second kappa shape index (κ2) is 6.34. The highest BCUT2D eigenvalue weighted by molar-refractivity contribution is 6.29. The van der Waals surface area contributed by atoms with Crippen LogP contribution in [-0.4, -0.2) is 10.9 Å². The molecule has 0 saturated heterocycles. The minimum Gasteiger partial charge on any atom is -0.344 e. The van der Waals surface area contributed by atoms with Crippen molar-refractivity contribution in [3.63, 3.8) is 0 Å². The Hall–Kier alpha value is -1.87. The van der Waals surface area contributed by atoms with Gasteiger partial charge in [0.1, 0.15) is 10.8 Å². The van der Waals surface area contributed by atoms with E-state index in [1.807, 2.05) is 37.3 Å². The van der Waals surface area contributed by atoms with Gasteiger partial charge >= 0.3 is 0 Å². The van der Waals surface area contributed by atoms with E-state index in [4.69, 9.17) is 11.6 Å². The van der Waals surface area contributed by atoms with Crippen LogP contribution in [0.2, 0.25) is 5.15 Å². The van der Waals surface area contributed by atoms with Crippen LogP contribution in [0.15, 0.2) is 48.5 Å². The molecule has 0 radical (unpaired) electrons. The molecule has 0 aliphatic carbocycles. The van der Waals surface area contributed by atoms with Gasteiger partial charge < -0.3 is 5.32 Å². The van der Waals surface area contributed by atoms with Gasteiger partial charge in [-0.05, 0) is 24.1 Å². The molecule has 0 saturated carbocycles. The van der Waals surface area contributed by atoms with Gasteiger partial charge in [0.15, 0.2) is 0 Å². The SMILES string of the molecule is CCC(NC(=O)c1cccc(Cl)n1)c1ccccc1. The average Bonchev–Trinajstić information content (AvgIpc) is 2.45. The quantitative estimate of drug-likeness (QED) is 0.866. The van der Waals surface area contributed by atoms with Crippen molar-refractivity contribution in [1.29, 1.82) is 0 Å². The molecule has 1 amide bonds. The zero-order valence-corrected chi connectivity index (χ0v) is 11.4. The first-order valence-electron chi connectivity index (χ1n) is 6.19. The van der Waals surface area contributed by atoms with Gasteiger partial charge in [-0.2, -0.15) is 0 Å². The van der Waals surface area contributed by atoms with Gasteiger partial charge in [0.2, 0.25) is 0 Å².